The maximum Gasteiger partial charge on any atom is 0.278 e. The lowest BCUT2D eigenvalue weighted by Gasteiger charge is -2.18. The van der Waals surface area contributed by atoms with Gasteiger partial charge < -0.3 is 15.0 Å². The molecule has 1 N–H and O–H groups in total. The van der Waals surface area contributed by atoms with Crippen molar-refractivity contribution in [2.75, 3.05) is 36.5 Å². The molecule has 6 heteroatoms. The number of amides is 2. The van der Waals surface area contributed by atoms with Gasteiger partial charge in [-0.15, -0.1) is 0 Å². The smallest absolute Gasteiger partial charge is 0.278 e. The van der Waals surface area contributed by atoms with Crippen molar-refractivity contribution >= 4 is 28.8 Å². The number of rotatable bonds is 9. The second-order valence-corrected chi connectivity index (χ2v) is 9.47. The Morgan fingerprint density at radius 2 is 1.68 bits per heavy atom. The molecule has 2 amide bonds. The summed E-state index contributed by atoms with van der Waals surface area (Å²) in [6.45, 7) is 11.0. The largest absolute Gasteiger partial charge is 0.379 e. The number of aryl methyl sites for hydroxylation is 2. The van der Waals surface area contributed by atoms with Crippen molar-refractivity contribution in [1.29, 1.82) is 0 Å². The highest BCUT2D eigenvalue weighted by molar-refractivity contribution is 6.36. The van der Waals surface area contributed by atoms with Crippen LogP contribution in [-0.4, -0.2) is 49.1 Å². The van der Waals surface area contributed by atoms with Crippen LogP contribution in [0.15, 0.2) is 48.2 Å². The highest BCUT2D eigenvalue weighted by Crippen LogP contribution is 2.33. The predicted molar refractivity (Wildman–Crippen MR) is 137 cm³/mol. The summed E-state index contributed by atoms with van der Waals surface area (Å²) in [6, 6.07) is 14.1. The van der Waals surface area contributed by atoms with E-state index >= 15 is 0 Å². The molecule has 1 fully saturated rings. The molecule has 1 saturated heterocycles. The van der Waals surface area contributed by atoms with E-state index in [2.05, 4.69) is 22.3 Å². The van der Waals surface area contributed by atoms with Crippen molar-refractivity contribution in [3.63, 3.8) is 0 Å². The van der Waals surface area contributed by atoms with Crippen molar-refractivity contribution in [3.8, 4) is 0 Å². The van der Waals surface area contributed by atoms with E-state index in [9.17, 15) is 9.59 Å². The van der Waals surface area contributed by atoms with Crippen molar-refractivity contribution in [3.05, 3.63) is 64.9 Å². The van der Waals surface area contributed by atoms with Crippen molar-refractivity contribution in [1.82, 2.24) is 4.90 Å². The van der Waals surface area contributed by atoms with Crippen molar-refractivity contribution in [2.24, 2.45) is 0 Å². The molecule has 2 aliphatic heterocycles. The molecule has 2 aliphatic rings. The van der Waals surface area contributed by atoms with Gasteiger partial charge in [0.15, 0.2) is 0 Å². The van der Waals surface area contributed by atoms with Crippen LogP contribution in [0.25, 0.3) is 5.57 Å². The minimum atomic E-state index is -0.284. The number of nitrogens with zero attached hydrogens (tertiary/aromatic N) is 2. The molecule has 0 aliphatic carbocycles. The SMILES string of the molecule is Cc1ccc(C2=C(Nc3ccc(N4CCCC4)cc3)C(=O)N(CCCOC(C)C)C2=O)c(C)c1. The maximum atomic E-state index is 13.5. The molecule has 6 nitrogen and oxygen atoms in total. The van der Waals surface area contributed by atoms with Gasteiger partial charge in [0.2, 0.25) is 0 Å². The molecule has 0 unspecified atom stereocenters. The van der Waals surface area contributed by atoms with Gasteiger partial charge in [-0.25, -0.2) is 0 Å². The monoisotopic (exact) mass is 461 g/mol. The quantitative estimate of drug-likeness (QED) is 0.425. The summed E-state index contributed by atoms with van der Waals surface area (Å²) < 4.78 is 5.61. The topological polar surface area (TPSA) is 61.9 Å². The number of carbonyl (C=O) groups is 2. The Morgan fingerprint density at radius 1 is 0.971 bits per heavy atom. The Bertz CT molecular complexity index is 1080. The molecule has 0 spiro atoms. The summed E-state index contributed by atoms with van der Waals surface area (Å²) in [6.07, 6.45) is 3.17. The highest BCUT2D eigenvalue weighted by Gasteiger charge is 2.39. The minimum absolute atomic E-state index is 0.120. The maximum absolute atomic E-state index is 13.5. The fourth-order valence-electron chi connectivity index (χ4n) is 4.66. The summed E-state index contributed by atoms with van der Waals surface area (Å²) in [7, 11) is 0. The number of imide groups is 1. The van der Waals surface area contributed by atoms with E-state index in [0.29, 0.717) is 30.8 Å². The van der Waals surface area contributed by atoms with Gasteiger partial charge in [-0.05, 0) is 82.3 Å². The first-order chi connectivity index (χ1) is 16.3. The Labute approximate surface area is 202 Å². The van der Waals surface area contributed by atoms with Gasteiger partial charge in [0.25, 0.3) is 11.8 Å². The molecular weight excluding hydrogens is 426 g/mol. The average Bonchev–Trinajstić information content (AvgIpc) is 3.41. The van der Waals surface area contributed by atoms with Crippen LogP contribution in [0.2, 0.25) is 0 Å². The highest BCUT2D eigenvalue weighted by atomic mass is 16.5. The Morgan fingerprint density at radius 3 is 2.32 bits per heavy atom. The van der Waals surface area contributed by atoms with Gasteiger partial charge in [0, 0.05) is 37.6 Å². The van der Waals surface area contributed by atoms with E-state index in [-0.39, 0.29) is 17.9 Å². The summed E-state index contributed by atoms with van der Waals surface area (Å²) in [5, 5.41) is 3.29. The third-order valence-electron chi connectivity index (χ3n) is 6.40. The standard InChI is InChI=1S/C28H35N3O3/c1-19(2)34-17-7-16-31-27(32)25(24-13-8-20(3)18-21(24)4)26(28(31)33)29-22-9-11-23(12-10-22)30-14-5-6-15-30/h8-13,18-19,29H,5-7,14-17H2,1-4H3. The van der Waals surface area contributed by atoms with Gasteiger partial charge in [0.1, 0.15) is 5.70 Å². The molecule has 4 rings (SSSR count). The van der Waals surface area contributed by atoms with E-state index in [4.69, 9.17) is 4.74 Å². The van der Waals surface area contributed by atoms with Gasteiger partial charge in [-0.3, -0.25) is 14.5 Å². The van der Waals surface area contributed by atoms with Crippen LogP contribution in [0.5, 0.6) is 0 Å². The van der Waals surface area contributed by atoms with Gasteiger partial charge >= 0.3 is 0 Å². The number of benzene rings is 2. The third-order valence-corrected chi connectivity index (χ3v) is 6.40. The van der Waals surface area contributed by atoms with Crippen molar-refractivity contribution < 1.29 is 14.3 Å². The first kappa shape index (κ1) is 24.0. The first-order valence-corrected chi connectivity index (χ1v) is 12.3. The zero-order valence-corrected chi connectivity index (χ0v) is 20.7. The molecule has 0 atom stereocenters. The number of hydrogen-bond acceptors (Lipinski definition) is 5. The lowest BCUT2D eigenvalue weighted by molar-refractivity contribution is -0.137. The van der Waals surface area contributed by atoms with Crippen LogP contribution >= 0.6 is 0 Å². The molecule has 34 heavy (non-hydrogen) atoms. The molecule has 180 valence electrons. The third kappa shape index (κ3) is 5.17. The number of carbonyl (C=O) groups excluding carboxylic acids is 2. The second kappa shape index (κ2) is 10.4. The summed E-state index contributed by atoms with van der Waals surface area (Å²) >= 11 is 0. The Hall–Kier alpha value is -3.12. The lowest BCUT2D eigenvalue weighted by Crippen LogP contribution is -2.34. The summed E-state index contributed by atoms with van der Waals surface area (Å²) in [5.41, 5.74) is 5.66. The van der Waals surface area contributed by atoms with Crippen LogP contribution in [0.4, 0.5) is 11.4 Å². The molecule has 0 saturated carbocycles. The van der Waals surface area contributed by atoms with Gasteiger partial charge in [-0.2, -0.15) is 0 Å². The van der Waals surface area contributed by atoms with E-state index in [0.717, 1.165) is 35.5 Å². The Kier molecular flexibility index (Phi) is 7.37. The van der Waals surface area contributed by atoms with Crippen LogP contribution in [0, 0.1) is 13.8 Å². The summed E-state index contributed by atoms with van der Waals surface area (Å²) in [5.74, 6) is -0.536. The summed E-state index contributed by atoms with van der Waals surface area (Å²) in [4.78, 5) is 30.6. The van der Waals surface area contributed by atoms with Crippen molar-refractivity contribution in [2.45, 2.75) is 53.1 Å². The predicted octanol–water partition coefficient (Wildman–Crippen LogP) is 4.91. The van der Waals surface area contributed by atoms with Crippen LogP contribution in [-0.2, 0) is 14.3 Å². The van der Waals surface area contributed by atoms with E-state index in [1.807, 2.05) is 58.0 Å². The van der Waals surface area contributed by atoms with Crippen LogP contribution in [0.3, 0.4) is 0 Å². The van der Waals surface area contributed by atoms with E-state index in [1.165, 1.54) is 23.4 Å². The fourth-order valence-corrected chi connectivity index (χ4v) is 4.66. The number of ether oxygens (including phenoxy) is 1. The molecule has 2 heterocycles. The number of anilines is 2. The van der Waals surface area contributed by atoms with Gasteiger partial charge in [-0.1, -0.05) is 23.8 Å². The lowest BCUT2D eigenvalue weighted by atomic mass is 9.97. The molecule has 2 aromatic carbocycles. The number of hydrogen-bond donors (Lipinski definition) is 1. The molecule has 2 aromatic rings. The Balaban J connectivity index is 1.61. The molecule has 0 radical (unpaired) electrons. The zero-order chi connectivity index (χ0) is 24.2. The van der Waals surface area contributed by atoms with Gasteiger partial charge in [0.05, 0.1) is 11.7 Å². The minimum Gasteiger partial charge on any atom is -0.379 e. The molecular formula is C28H35N3O3. The first-order valence-electron chi connectivity index (χ1n) is 12.3. The van der Waals surface area contributed by atoms with E-state index < -0.39 is 0 Å². The number of nitrogens with one attached hydrogen (secondary N) is 1. The van der Waals surface area contributed by atoms with E-state index in [1.54, 1.807) is 0 Å². The zero-order valence-electron chi connectivity index (χ0n) is 20.7. The second-order valence-electron chi connectivity index (χ2n) is 9.47. The molecule has 0 aromatic heterocycles. The molecule has 0 bridgehead atoms. The average molecular weight is 462 g/mol. The fraction of sp³-hybridized carbons (Fsp3) is 0.429. The van der Waals surface area contributed by atoms with Crippen LogP contribution < -0.4 is 10.2 Å². The van der Waals surface area contributed by atoms with Crippen LogP contribution in [0.1, 0.15) is 49.8 Å². The normalized spacial score (nSPS) is 16.4.